The van der Waals surface area contributed by atoms with Crippen molar-refractivity contribution in [2.75, 3.05) is 39.4 Å². The molecule has 2 N–H and O–H groups in total. The van der Waals surface area contributed by atoms with Gasteiger partial charge in [-0.2, -0.15) is 0 Å². The standard InChI is InChI=1S/C18H24ClN3O2/c1-13-3-4-15-16(19)11-14(18(23)17(15)21-13)12-20-5-2-6-22-7-9-24-10-8-22/h3-4,11,20,23H,2,5-10,12H2,1H3. The number of benzene rings is 1. The Kier molecular flexibility index (Phi) is 5.89. The van der Waals surface area contributed by atoms with Gasteiger partial charge in [-0.1, -0.05) is 11.6 Å². The maximum absolute atomic E-state index is 10.5. The molecule has 0 bridgehead atoms. The van der Waals surface area contributed by atoms with Crippen LogP contribution >= 0.6 is 11.6 Å². The van der Waals surface area contributed by atoms with E-state index in [1.165, 1.54) is 0 Å². The number of ether oxygens (including phenoxy) is 1. The summed E-state index contributed by atoms with van der Waals surface area (Å²) >= 11 is 6.33. The highest BCUT2D eigenvalue weighted by Crippen LogP contribution is 2.33. The number of fused-ring (bicyclic) bond motifs is 1. The van der Waals surface area contributed by atoms with Crippen molar-refractivity contribution in [3.63, 3.8) is 0 Å². The van der Waals surface area contributed by atoms with E-state index in [0.29, 0.717) is 17.1 Å². The number of aromatic nitrogens is 1. The number of nitrogens with zero attached hydrogens (tertiary/aromatic N) is 2. The molecule has 1 aliphatic rings. The normalized spacial score (nSPS) is 15.9. The van der Waals surface area contributed by atoms with Gasteiger partial charge in [0, 0.05) is 36.3 Å². The van der Waals surface area contributed by atoms with Crippen LogP contribution < -0.4 is 5.32 Å². The lowest BCUT2D eigenvalue weighted by Gasteiger charge is -2.26. The molecule has 0 spiro atoms. The molecule has 1 saturated heterocycles. The number of phenols is 1. The first-order valence-corrected chi connectivity index (χ1v) is 8.81. The van der Waals surface area contributed by atoms with Crippen molar-refractivity contribution in [3.05, 3.63) is 34.5 Å². The summed E-state index contributed by atoms with van der Waals surface area (Å²) in [5, 5.41) is 15.3. The molecular weight excluding hydrogens is 326 g/mol. The van der Waals surface area contributed by atoms with Crippen LogP contribution in [0.4, 0.5) is 0 Å². The largest absolute Gasteiger partial charge is 0.505 e. The number of nitrogens with one attached hydrogen (secondary N) is 1. The van der Waals surface area contributed by atoms with E-state index in [4.69, 9.17) is 16.3 Å². The van der Waals surface area contributed by atoms with Crippen molar-refractivity contribution in [1.82, 2.24) is 15.2 Å². The van der Waals surface area contributed by atoms with E-state index >= 15 is 0 Å². The minimum Gasteiger partial charge on any atom is -0.505 e. The molecule has 1 aliphatic heterocycles. The molecule has 2 aromatic rings. The van der Waals surface area contributed by atoms with E-state index in [1.807, 2.05) is 25.1 Å². The summed E-state index contributed by atoms with van der Waals surface area (Å²) < 4.78 is 5.35. The number of halogens is 1. The van der Waals surface area contributed by atoms with Crippen LogP contribution in [0.2, 0.25) is 5.02 Å². The topological polar surface area (TPSA) is 57.6 Å². The van der Waals surface area contributed by atoms with Crippen LogP contribution in [-0.2, 0) is 11.3 Å². The molecule has 3 rings (SSSR count). The van der Waals surface area contributed by atoms with Crippen molar-refractivity contribution in [2.24, 2.45) is 0 Å². The Morgan fingerprint density at radius 2 is 2.12 bits per heavy atom. The second-order valence-electron chi connectivity index (χ2n) is 6.20. The Bertz CT molecular complexity index is 702. The smallest absolute Gasteiger partial charge is 0.146 e. The summed E-state index contributed by atoms with van der Waals surface area (Å²) in [7, 11) is 0. The summed E-state index contributed by atoms with van der Waals surface area (Å²) in [4.78, 5) is 6.84. The van der Waals surface area contributed by atoms with Crippen LogP contribution in [0.3, 0.4) is 0 Å². The van der Waals surface area contributed by atoms with E-state index in [-0.39, 0.29) is 5.75 Å². The van der Waals surface area contributed by atoms with Gasteiger partial charge in [-0.15, -0.1) is 0 Å². The van der Waals surface area contributed by atoms with Gasteiger partial charge in [0.15, 0.2) is 0 Å². The fourth-order valence-electron chi connectivity index (χ4n) is 2.99. The molecule has 24 heavy (non-hydrogen) atoms. The third-order valence-electron chi connectivity index (χ3n) is 4.37. The molecule has 1 aromatic carbocycles. The van der Waals surface area contributed by atoms with Gasteiger partial charge < -0.3 is 15.2 Å². The van der Waals surface area contributed by atoms with Crippen molar-refractivity contribution >= 4 is 22.5 Å². The Morgan fingerprint density at radius 3 is 2.92 bits per heavy atom. The number of morpholine rings is 1. The van der Waals surface area contributed by atoms with Gasteiger partial charge in [-0.3, -0.25) is 4.90 Å². The van der Waals surface area contributed by atoms with Gasteiger partial charge >= 0.3 is 0 Å². The first-order chi connectivity index (χ1) is 11.6. The molecular formula is C18H24ClN3O2. The van der Waals surface area contributed by atoms with Crippen molar-refractivity contribution in [2.45, 2.75) is 19.9 Å². The molecule has 1 fully saturated rings. The van der Waals surface area contributed by atoms with Crippen LogP contribution in [0.25, 0.3) is 10.9 Å². The van der Waals surface area contributed by atoms with Gasteiger partial charge in [0.25, 0.3) is 0 Å². The van der Waals surface area contributed by atoms with Gasteiger partial charge in [0.1, 0.15) is 11.3 Å². The van der Waals surface area contributed by atoms with Crippen LogP contribution in [0.1, 0.15) is 17.7 Å². The molecule has 0 amide bonds. The van der Waals surface area contributed by atoms with Crippen molar-refractivity contribution < 1.29 is 9.84 Å². The third-order valence-corrected chi connectivity index (χ3v) is 4.68. The molecule has 6 heteroatoms. The molecule has 0 saturated carbocycles. The molecule has 0 radical (unpaired) electrons. The number of aryl methyl sites for hydroxylation is 1. The van der Waals surface area contributed by atoms with Gasteiger partial charge in [-0.05, 0) is 44.6 Å². The summed E-state index contributed by atoms with van der Waals surface area (Å²) in [6.45, 7) is 8.17. The van der Waals surface area contributed by atoms with Crippen LogP contribution in [0.15, 0.2) is 18.2 Å². The fourth-order valence-corrected chi connectivity index (χ4v) is 3.28. The Morgan fingerprint density at radius 1 is 1.33 bits per heavy atom. The fraction of sp³-hybridized carbons (Fsp3) is 0.500. The van der Waals surface area contributed by atoms with E-state index < -0.39 is 0 Å². The highest BCUT2D eigenvalue weighted by molar-refractivity contribution is 6.35. The van der Waals surface area contributed by atoms with Crippen molar-refractivity contribution in [1.29, 1.82) is 0 Å². The first kappa shape index (κ1) is 17.4. The van der Waals surface area contributed by atoms with Crippen LogP contribution in [0, 0.1) is 6.92 Å². The van der Waals surface area contributed by atoms with E-state index in [2.05, 4.69) is 15.2 Å². The first-order valence-electron chi connectivity index (χ1n) is 8.43. The monoisotopic (exact) mass is 349 g/mol. The minimum atomic E-state index is 0.221. The molecule has 0 aliphatic carbocycles. The van der Waals surface area contributed by atoms with Gasteiger partial charge in [0.05, 0.1) is 18.2 Å². The highest BCUT2D eigenvalue weighted by atomic mass is 35.5. The highest BCUT2D eigenvalue weighted by Gasteiger charge is 2.12. The maximum atomic E-state index is 10.5. The molecule has 0 atom stereocenters. The number of pyridine rings is 1. The minimum absolute atomic E-state index is 0.221. The lowest BCUT2D eigenvalue weighted by atomic mass is 10.1. The van der Waals surface area contributed by atoms with E-state index in [0.717, 1.165) is 62.5 Å². The zero-order valence-electron chi connectivity index (χ0n) is 14.0. The zero-order chi connectivity index (χ0) is 16.9. The molecule has 130 valence electrons. The summed E-state index contributed by atoms with van der Waals surface area (Å²) in [5.41, 5.74) is 2.23. The number of phenolic OH excluding ortho intramolecular Hbond substituents is 1. The second kappa shape index (κ2) is 8.12. The molecule has 0 unspecified atom stereocenters. The van der Waals surface area contributed by atoms with Crippen LogP contribution in [0.5, 0.6) is 5.75 Å². The average Bonchev–Trinajstić information content (AvgIpc) is 2.59. The SMILES string of the molecule is Cc1ccc2c(Cl)cc(CNCCCN3CCOCC3)c(O)c2n1. The predicted molar refractivity (Wildman–Crippen MR) is 96.7 cm³/mol. The predicted octanol–water partition coefficient (Wildman–Crippen LogP) is 2.71. The van der Waals surface area contributed by atoms with Gasteiger partial charge in [-0.25, -0.2) is 4.98 Å². The molecule has 5 nitrogen and oxygen atoms in total. The number of rotatable bonds is 6. The van der Waals surface area contributed by atoms with E-state index in [1.54, 1.807) is 0 Å². The molecule has 2 heterocycles. The molecule has 1 aromatic heterocycles. The quantitative estimate of drug-likeness (QED) is 0.785. The number of hydrogen-bond acceptors (Lipinski definition) is 5. The zero-order valence-corrected chi connectivity index (χ0v) is 14.8. The summed E-state index contributed by atoms with van der Waals surface area (Å²) in [6.07, 6.45) is 1.07. The van der Waals surface area contributed by atoms with Crippen molar-refractivity contribution in [3.8, 4) is 5.75 Å². The van der Waals surface area contributed by atoms with E-state index in [9.17, 15) is 5.11 Å². The second-order valence-corrected chi connectivity index (χ2v) is 6.61. The lowest BCUT2D eigenvalue weighted by molar-refractivity contribution is 0.0374. The lowest BCUT2D eigenvalue weighted by Crippen LogP contribution is -2.37. The number of aromatic hydroxyl groups is 1. The summed E-state index contributed by atoms with van der Waals surface area (Å²) in [6, 6.07) is 5.63. The average molecular weight is 350 g/mol. The summed E-state index contributed by atoms with van der Waals surface area (Å²) in [5.74, 6) is 0.221. The maximum Gasteiger partial charge on any atom is 0.146 e. The van der Waals surface area contributed by atoms with Crippen LogP contribution in [-0.4, -0.2) is 54.4 Å². The Hall–Kier alpha value is -1.40. The Labute approximate surface area is 147 Å². The Balaban J connectivity index is 1.56. The number of hydrogen-bond donors (Lipinski definition) is 2. The third kappa shape index (κ3) is 4.16. The van der Waals surface area contributed by atoms with Gasteiger partial charge in [0.2, 0.25) is 0 Å².